The van der Waals surface area contributed by atoms with Gasteiger partial charge in [-0.15, -0.1) is 0 Å². The van der Waals surface area contributed by atoms with Gasteiger partial charge >= 0.3 is 6.55 Å². The maximum Gasteiger partial charge on any atom is 0.319 e. The van der Waals surface area contributed by atoms with Crippen molar-refractivity contribution in [3.8, 4) is 6.07 Å². The summed E-state index contributed by atoms with van der Waals surface area (Å²) in [7, 11) is 1.68. The molecular formula is C16H23F2N5O. The normalized spacial score (nSPS) is 18.4. The highest BCUT2D eigenvalue weighted by Gasteiger charge is 2.35. The maximum atomic E-state index is 12.9. The molecule has 1 aromatic heterocycles. The number of carbonyl (C=O) groups is 1. The van der Waals surface area contributed by atoms with Crippen molar-refractivity contribution >= 4 is 5.91 Å². The summed E-state index contributed by atoms with van der Waals surface area (Å²) in [6, 6.07) is 1.69. The van der Waals surface area contributed by atoms with E-state index in [1.165, 1.54) is 12.4 Å². The molecule has 1 fully saturated rings. The van der Waals surface area contributed by atoms with E-state index in [4.69, 9.17) is 0 Å². The topological polar surface area (TPSA) is 74.0 Å². The van der Waals surface area contributed by atoms with Crippen LogP contribution < -0.4 is 5.32 Å². The minimum Gasteiger partial charge on any atom is -0.336 e. The van der Waals surface area contributed by atoms with E-state index in [2.05, 4.69) is 16.4 Å². The van der Waals surface area contributed by atoms with Gasteiger partial charge in [0.1, 0.15) is 11.4 Å². The number of imidazole rings is 1. The molecule has 24 heavy (non-hydrogen) atoms. The van der Waals surface area contributed by atoms with E-state index in [1.54, 1.807) is 18.9 Å². The smallest absolute Gasteiger partial charge is 0.319 e. The Hall–Kier alpha value is -2.01. The van der Waals surface area contributed by atoms with E-state index in [0.717, 1.165) is 23.8 Å². The number of carbonyl (C=O) groups excluding carboxylic acids is 1. The molecule has 1 heterocycles. The predicted octanol–water partition coefficient (Wildman–Crippen LogP) is 2.44. The van der Waals surface area contributed by atoms with Crippen LogP contribution in [-0.4, -0.2) is 39.0 Å². The zero-order chi connectivity index (χ0) is 17.7. The van der Waals surface area contributed by atoms with Crippen LogP contribution in [0, 0.1) is 11.3 Å². The Kier molecular flexibility index (Phi) is 5.89. The van der Waals surface area contributed by atoms with E-state index in [-0.39, 0.29) is 18.3 Å². The average Bonchev–Trinajstić information content (AvgIpc) is 3.03. The van der Waals surface area contributed by atoms with E-state index in [1.807, 2.05) is 0 Å². The number of hydrogen-bond acceptors (Lipinski definition) is 4. The summed E-state index contributed by atoms with van der Waals surface area (Å²) in [5.41, 5.74) is -0.800. The van der Waals surface area contributed by atoms with Gasteiger partial charge in [-0.2, -0.15) is 14.0 Å². The average molecular weight is 339 g/mol. The monoisotopic (exact) mass is 339 g/mol. The highest BCUT2D eigenvalue weighted by Crippen LogP contribution is 2.27. The molecule has 0 saturated heterocycles. The lowest BCUT2D eigenvalue weighted by Crippen LogP contribution is -2.54. The molecule has 0 unspecified atom stereocenters. The SMILES string of the molecule is C[C@H](C(=O)NC1(C#N)CCCCC1)N(C)Cc1nccn1C(F)F. The molecule has 1 atom stereocenters. The fraction of sp³-hybridized carbons (Fsp3) is 0.688. The van der Waals surface area contributed by atoms with Gasteiger partial charge in [0.2, 0.25) is 5.91 Å². The molecule has 1 amide bonds. The number of nitriles is 1. The van der Waals surface area contributed by atoms with Gasteiger partial charge in [0.15, 0.2) is 0 Å². The minimum absolute atomic E-state index is 0.117. The molecule has 0 spiro atoms. The van der Waals surface area contributed by atoms with E-state index < -0.39 is 18.1 Å². The highest BCUT2D eigenvalue weighted by molar-refractivity contribution is 5.82. The van der Waals surface area contributed by atoms with Gasteiger partial charge < -0.3 is 5.32 Å². The summed E-state index contributed by atoms with van der Waals surface area (Å²) in [5.74, 6) is -0.0732. The second-order valence-corrected chi connectivity index (χ2v) is 6.36. The molecular weight excluding hydrogens is 316 g/mol. The van der Waals surface area contributed by atoms with Crippen molar-refractivity contribution in [3.63, 3.8) is 0 Å². The second kappa shape index (κ2) is 7.71. The lowest BCUT2D eigenvalue weighted by molar-refractivity contribution is -0.127. The largest absolute Gasteiger partial charge is 0.336 e. The molecule has 1 N–H and O–H groups in total. The Bertz CT molecular complexity index is 604. The Labute approximate surface area is 140 Å². The van der Waals surface area contributed by atoms with E-state index in [0.29, 0.717) is 12.8 Å². The molecule has 1 aliphatic carbocycles. The Morgan fingerprint density at radius 3 is 2.75 bits per heavy atom. The summed E-state index contributed by atoms with van der Waals surface area (Å²) >= 11 is 0. The Morgan fingerprint density at radius 2 is 2.17 bits per heavy atom. The fourth-order valence-corrected chi connectivity index (χ4v) is 2.96. The van der Waals surface area contributed by atoms with Gasteiger partial charge in [-0.1, -0.05) is 19.3 Å². The van der Waals surface area contributed by atoms with Gasteiger partial charge in [-0.25, -0.2) is 4.98 Å². The summed E-state index contributed by atoms with van der Waals surface area (Å²) in [6.45, 7) is -0.853. The Balaban J connectivity index is 1.99. The molecule has 0 aromatic carbocycles. The summed E-state index contributed by atoms with van der Waals surface area (Å²) in [6.07, 6.45) is 6.75. The van der Waals surface area contributed by atoms with Gasteiger partial charge in [0.25, 0.3) is 0 Å². The van der Waals surface area contributed by atoms with Crippen LogP contribution in [0.1, 0.15) is 51.4 Å². The minimum atomic E-state index is -2.66. The molecule has 2 rings (SSSR count). The molecule has 0 radical (unpaired) electrons. The quantitative estimate of drug-likeness (QED) is 0.864. The number of halogens is 2. The lowest BCUT2D eigenvalue weighted by atomic mass is 9.82. The van der Waals surface area contributed by atoms with Crippen LogP contribution in [0.15, 0.2) is 12.4 Å². The van der Waals surface area contributed by atoms with Crippen LogP contribution in [0.5, 0.6) is 0 Å². The fourth-order valence-electron chi connectivity index (χ4n) is 2.96. The number of rotatable bonds is 6. The van der Waals surface area contributed by atoms with Gasteiger partial charge in [0.05, 0.1) is 18.7 Å². The first-order chi connectivity index (χ1) is 11.4. The van der Waals surface area contributed by atoms with Crippen LogP contribution in [0.25, 0.3) is 0 Å². The van der Waals surface area contributed by atoms with Crippen molar-refractivity contribution in [1.82, 2.24) is 19.8 Å². The number of hydrogen-bond donors (Lipinski definition) is 1. The standard InChI is InChI=1S/C16H23F2N5O/c1-12(14(24)21-16(11-19)6-4-3-5-7-16)22(2)10-13-20-8-9-23(13)15(17)18/h8-9,12,15H,3-7,10H2,1-2H3,(H,21,24)/t12-/m1/s1. The third kappa shape index (κ3) is 4.09. The zero-order valence-electron chi connectivity index (χ0n) is 14.0. The number of nitrogens with one attached hydrogen (secondary N) is 1. The van der Waals surface area contributed by atoms with Gasteiger partial charge in [-0.3, -0.25) is 14.3 Å². The second-order valence-electron chi connectivity index (χ2n) is 6.36. The van der Waals surface area contributed by atoms with Gasteiger partial charge in [-0.05, 0) is 26.8 Å². The number of aromatic nitrogens is 2. The first-order valence-electron chi connectivity index (χ1n) is 8.12. The number of likely N-dealkylation sites (N-methyl/N-ethyl adjacent to an activating group) is 1. The summed E-state index contributed by atoms with van der Waals surface area (Å²) < 4.78 is 26.5. The number of nitrogens with zero attached hydrogens (tertiary/aromatic N) is 4. The van der Waals surface area contributed by atoms with Crippen LogP contribution in [0.3, 0.4) is 0 Å². The van der Waals surface area contributed by atoms with Gasteiger partial charge in [0, 0.05) is 12.4 Å². The predicted molar refractivity (Wildman–Crippen MR) is 84.0 cm³/mol. The van der Waals surface area contributed by atoms with Crippen molar-refractivity contribution in [2.45, 2.75) is 63.7 Å². The first kappa shape index (κ1) is 18.3. The third-order valence-corrected chi connectivity index (χ3v) is 4.67. The summed E-state index contributed by atoms with van der Waals surface area (Å²) in [5, 5.41) is 12.3. The zero-order valence-corrected chi connectivity index (χ0v) is 14.0. The molecule has 1 aliphatic rings. The van der Waals surface area contributed by atoms with Crippen molar-refractivity contribution in [2.24, 2.45) is 0 Å². The number of alkyl halides is 2. The molecule has 8 heteroatoms. The molecule has 0 aliphatic heterocycles. The first-order valence-corrected chi connectivity index (χ1v) is 8.12. The molecule has 0 bridgehead atoms. The molecule has 1 saturated carbocycles. The molecule has 1 aromatic rings. The molecule has 6 nitrogen and oxygen atoms in total. The van der Waals surface area contributed by atoms with E-state index >= 15 is 0 Å². The van der Waals surface area contributed by atoms with Crippen molar-refractivity contribution in [2.75, 3.05) is 7.05 Å². The van der Waals surface area contributed by atoms with Crippen molar-refractivity contribution in [1.29, 1.82) is 5.26 Å². The van der Waals surface area contributed by atoms with Crippen LogP contribution in [-0.2, 0) is 11.3 Å². The number of amides is 1. The Morgan fingerprint density at radius 1 is 1.50 bits per heavy atom. The molecule has 132 valence electrons. The van der Waals surface area contributed by atoms with Crippen molar-refractivity contribution < 1.29 is 13.6 Å². The highest BCUT2D eigenvalue weighted by atomic mass is 19.3. The van der Waals surface area contributed by atoms with E-state index in [9.17, 15) is 18.8 Å². The van der Waals surface area contributed by atoms with Crippen LogP contribution in [0.2, 0.25) is 0 Å². The van der Waals surface area contributed by atoms with Crippen LogP contribution in [0.4, 0.5) is 8.78 Å². The third-order valence-electron chi connectivity index (χ3n) is 4.67. The van der Waals surface area contributed by atoms with Crippen LogP contribution >= 0.6 is 0 Å². The van der Waals surface area contributed by atoms with Crippen molar-refractivity contribution in [3.05, 3.63) is 18.2 Å². The maximum absolute atomic E-state index is 12.9. The summed E-state index contributed by atoms with van der Waals surface area (Å²) in [4.78, 5) is 18.1. The lowest BCUT2D eigenvalue weighted by Gasteiger charge is -2.34.